The summed E-state index contributed by atoms with van der Waals surface area (Å²) in [5.41, 5.74) is 0. The second-order valence-electron chi connectivity index (χ2n) is 8.21. The number of carbonyl (C=O) groups excluding carboxylic acids is 2. The van der Waals surface area contributed by atoms with Crippen LogP contribution >= 0.6 is 0 Å². The third-order valence-corrected chi connectivity index (χ3v) is 6.39. The Kier molecular flexibility index (Phi) is 5.57. The Balaban J connectivity index is 1.40. The van der Waals surface area contributed by atoms with Gasteiger partial charge in [-0.15, -0.1) is 0 Å². The standard InChI is InChI=1S/C20H30N4O4/c1-14-19(12-21-28-14)27-17-11-18(24(13-17)15(2)25)20(26)23-8-4-7-22(9-10-23)16-5-3-6-16/h12,16-18H,3-11,13H2,1-2H3. The second-order valence-corrected chi connectivity index (χ2v) is 8.21. The molecule has 0 N–H and O–H groups in total. The van der Waals surface area contributed by atoms with Crippen molar-refractivity contribution >= 4 is 11.8 Å². The van der Waals surface area contributed by atoms with Crippen molar-refractivity contribution in [2.75, 3.05) is 32.7 Å². The first-order valence-electron chi connectivity index (χ1n) is 10.4. The van der Waals surface area contributed by atoms with E-state index in [0.29, 0.717) is 30.5 Å². The Morgan fingerprint density at radius 1 is 1.18 bits per heavy atom. The fourth-order valence-corrected chi connectivity index (χ4v) is 4.53. The van der Waals surface area contributed by atoms with Crippen LogP contribution in [0.1, 0.15) is 44.8 Å². The Labute approximate surface area is 165 Å². The lowest BCUT2D eigenvalue weighted by atomic mass is 9.91. The predicted octanol–water partition coefficient (Wildman–Crippen LogP) is 1.44. The summed E-state index contributed by atoms with van der Waals surface area (Å²) >= 11 is 0. The first-order valence-corrected chi connectivity index (χ1v) is 10.4. The van der Waals surface area contributed by atoms with Gasteiger partial charge >= 0.3 is 0 Å². The number of aromatic nitrogens is 1. The molecule has 0 spiro atoms. The van der Waals surface area contributed by atoms with Gasteiger partial charge in [0.1, 0.15) is 18.3 Å². The molecule has 3 heterocycles. The van der Waals surface area contributed by atoms with Crippen LogP contribution in [-0.2, 0) is 9.59 Å². The van der Waals surface area contributed by atoms with Crippen molar-refractivity contribution in [1.82, 2.24) is 19.9 Å². The van der Waals surface area contributed by atoms with E-state index >= 15 is 0 Å². The van der Waals surface area contributed by atoms with E-state index in [0.717, 1.165) is 32.6 Å². The fraction of sp³-hybridized carbons (Fsp3) is 0.750. The van der Waals surface area contributed by atoms with Crippen LogP contribution in [0.2, 0.25) is 0 Å². The third kappa shape index (κ3) is 3.87. The van der Waals surface area contributed by atoms with E-state index in [1.165, 1.54) is 32.4 Å². The molecular weight excluding hydrogens is 360 g/mol. The quantitative estimate of drug-likeness (QED) is 0.774. The van der Waals surface area contributed by atoms with E-state index in [-0.39, 0.29) is 17.9 Å². The lowest BCUT2D eigenvalue weighted by Gasteiger charge is -2.36. The number of ether oxygens (including phenoxy) is 1. The van der Waals surface area contributed by atoms with E-state index in [1.807, 2.05) is 4.90 Å². The van der Waals surface area contributed by atoms with Gasteiger partial charge in [-0.2, -0.15) is 0 Å². The van der Waals surface area contributed by atoms with Crippen LogP contribution in [0, 0.1) is 6.92 Å². The van der Waals surface area contributed by atoms with Gasteiger partial charge in [0.25, 0.3) is 0 Å². The first kappa shape index (κ1) is 19.2. The molecule has 3 aliphatic rings. The molecule has 2 amide bonds. The van der Waals surface area contributed by atoms with E-state index in [9.17, 15) is 9.59 Å². The van der Waals surface area contributed by atoms with Crippen LogP contribution in [-0.4, -0.2) is 82.6 Å². The van der Waals surface area contributed by atoms with Crippen molar-refractivity contribution in [2.24, 2.45) is 0 Å². The van der Waals surface area contributed by atoms with Crippen molar-refractivity contribution in [3.8, 4) is 5.75 Å². The average molecular weight is 390 g/mol. The maximum Gasteiger partial charge on any atom is 0.245 e. The van der Waals surface area contributed by atoms with Crippen LogP contribution in [0.4, 0.5) is 0 Å². The molecular formula is C20H30N4O4. The molecule has 8 nitrogen and oxygen atoms in total. The van der Waals surface area contributed by atoms with Crippen LogP contribution in [0.3, 0.4) is 0 Å². The summed E-state index contributed by atoms with van der Waals surface area (Å²) in [5.74, 6) is 1.15. The summed E-state index contributed by atoms with van der Waals surface area (Å²) in [4.78, 5) is 31.6. The van der Waals surface area contributed by atoms with Gasteiger partial charge in [0.2, 0.25) is 11.8 Å². The van der Waals surface area contributed by atoms with E-state index < -0.39 is 6.04 Å². The second kappa shape index (κ2) is 8.11. The summed E-state index contributed by atoms with van der Waals surface area (Å²) in [5, 5.41) is 3.73. The van der Waals surface area contributed by atoms with Gasteiger partial charge in [0.05, 0.1) is 6.54 Å². The van der Waals surface area contributed by atoms with Crippen molar-refractivity contribution in [3.05, 3.63) is 12.0 Å². The highest BCUT2D eigenvalue weighted by atomic mass is 16.5. The lowest BCUT2D eigenvalue weighted by molar-refractivity contribution is -0.142. The van der Waals surface area contributed by atoms with Gasteiger partial charge in [-0.1, -0.05) is 11.6 Å². The van der Waals surface area contributed by atoms with Gasteiger partial charge in [0.15, 0.2) is 11.5 Å². The summed E-state index contributed by atoms with van der Waals surface area (Å²) < 4.78 is 11.0. The molecule has 3 fully saturated rings. The van der Waals surface area contributed by atoms with Crippen molar-refractivity contribution in [1.29, 1.82) is 0 Å². The zero-order chi connectivity index (χ0) is 19.7. The number of aryl methyl sites for hydroxylation is 1. The summed E-state index contributed by atoms with van der Waals surface area (Å²) in [6.07, 6.45) is 6.71. The van der Waals surface area contributed by atoms with E-state index in [4.69, 9.17) is 9.26 Å². The molecule has 2 unspecified atom stereocenters. The molecule has 1 saturated carbocycles. The molecule has 0 aromatic carbocycles. The van der Waals surface area contributed by atoms with Crippen molar-refractivity contribution in [2.45, 2.75) is 64.1 Å². The Morgan fingerprint density at radius 3 is 2.64 bits per heavy atom. The Hall–Kier alpha value is -2.09. The van der Waals surface area contributed by atoms with E-state index in [2.05, 4.69) is 10.1 Å². The van der Waals surface area contributed by atoms with Gasteiger partial charge < -0.3 is 19.1 Å². The smallest absolute Gasteiger partial charge is 0.245 e. The molecule has 28 heavy (non-hydrogen) atoms. The topological polar surface area (TPSA) is 79.1 Å². The monoisotopic (exact) mass is 390 g/mol. The van der Waals surface area contributed by atoms with Crippen LogP contribution < -0.4 is 4.74 Å². The largest absolute Gasteiger partial charge is 0.483 e. The zero-order valence-corrected chi connectivity index (χ0v) is 16.8. The Morgan fingerprint density at radius 2 is 2.00 bits per heavy atom. The molecule has 2 atom stereocenters. The molecule has 0 bridgehead atoms. The van der Waals surface area contributed by atoms with Crippen LogP contribution in [0.25, 0.3) is 0 Å². The summed E-state index contributed by atoms with van der Waals surface area (Å²) in [6, 6.07) is 0.262. The van der Waals surface area contributed by atoms with Crippen molar-refractivity contribution < 1.29 is 18.8 Å². The van der Waals surface area contributed by atoms with Gasteiger partial charge in [-0.25, -0.2) is 0 Å². The third-order valence-electron chi connectivity index (χ3n) is 6.39. The zero-order valence-electron chi connectivity index (χ0n) is 16.8. The number of likely N-dealkylation sites (tertiary alicyclic amines) is 1. The summed E-state index contributed by atoms with van der Waals surface area (Å²) in [6.45, 7) is 7.23. The molecule has 0 radical (unpaired) electrons. The fourth-order valence-electron chi connectivity index (χ4n) is 4.53. The highest BCUT2D eigenvalue weighted by Gasteiger charge is 2.42. The number of hydrogen-bond acceptors (Lipinski definition) is 6. The molecule has 2 aliphatic heterocycles. The molecule has 2 saturated heterocycles. The van der Waals surface area contributed by atoms with Crippen LogP contribution in [0.15, 0.2) is 10.7 Å². The van der Waals surface area contributed by atoms with Gasteiger partial charge in [-0.05, 0) is 19.3 Å². The van der Waals surface area contributed by atoms with Crippen molar-refractivity contribution in [3.63, 3.8) is 0 Å². The van der Waals surface area contributed by atoms with Gasteiger partial charge in [0, 0.05) is 52.5 Å². The minimum Gasteiger partial charge on any atom is -0.483 e. The first-order chi connectivity index (χ1) is 13.5. The normalized spacial score (nSPS) is 26.8. The molecule has 4 rings (SSSR count). The molecule has 1 aromatic rings. The maximum atomic E-state index is 13.3. The van der Waals surface area contributed by atoms with E-state index in [1.54, 1.807) is 11.8 Å². The number of rotatable bonds is 4. The minimum atomic E-state index is -0.446. The van der Waals surface area contributed by atoms with Crippen LogP contribution in [0.5, 0.6) is 5.75 Å². The molecule has 1 aliphatic carbocycles. The Bertz CT molecular complexity index is 717. The molecule has 8 heteroatoms. The average Bonchev–Trinajstić information content (AvgIpc) is 3.14. The SMILES string of the molecule is CC(=O)N1CC(Oc2cnoc2C)CC1C(=O)N1CCCN(C2CCC2)CC1. The highest BCUT2D eigenvalue weighted by molar-refractivity contribution is 5.87. The molecule has 1 aromatic heterocycles. The predicted molar refractivity (Wildman–Crippen MR) is 102 cm³/mol. The molecule has 154 valence electrons. The number of carbonyl (C=O) groups is 2. The summed E-state index contributed by atoms with van der Waals surface area (Å²) in [7, 11) is 0. The number of hydrogen-bond donors (Lipinski definition) is 0. The minimum absolute atomic E-state index is 0.0544. The lowest BCUT2D eigenvalue weighted by Crippen LogP contribution is -2.48. The number of amides is 2. The van der Waals surface area contributed by atoms with Gasteiger partial charge in [-0.3, -0.25) is 14.5 Å². The highest BCUT2D eigenvalue weighted by Crippen LogP contribution is 2.28. The maximum absolute atomic E-state index is 13.3. The number of nitrogens with zero attached hydrogens (tertiary/aromatic N) is 4.